The van der Waals surface area contributed by atoms with Crippen molar-refractivity contribution in [2.24, 2.45) is 5.92 Å². The van der Waals surface area contributed by atoms with Gasteiger partial charge >= 0.3 is 5.97 Å². The van der Waals surface area contributed by atoms with Crippen molar-refractivity contribution in [3.05, 3.63) is 0 Å². The summed E-state index contributed by atoms with van der Waals surface area (Å²) in [5, 5.41) is 3.34. The molecule has 160 valence electrons. The number of carbonyl (C=O) groups excluding carboxylic acids is 1. The van der Waals surface area contributed by atoms with E-state index < -0.39 is 0 Å². The zero-order valence-electron chi connectivity index (χ0n) is 18.4. The number of unbranched alkanes of at least 4 members (excludes halogenated alkanes) is 11. The highest BCUT2D eigenvalue weighted by Crippen LogP contribution is 2.20. The van der Waals surface area contributed by atoms with Crippen LogP contribution in [0.2, 0.25) is 0 Å². The van der Waals surface area contributed by atoms with Gasteiger partial charge in [-0.2, -0.15) is 0 Å². The quantitative estimate of drug-likeness (QED) is 0.223. The summed E-state index contributed by atoms with van der Waals surface area (Å²) < 4.78 is 6.00. The van der Waals surface area contributed by atoms with Gasteiger partial charge in [0, 0.05) is 0 Å². The SMILES string of the molecule is CCCCCCCCCC(CCCCCCCC)OC(=O)C1CCNCC1. The van der Waals surface area contributed by atoms with Gasteiger partial charge in [0.25, 0.3) is 0 Å². The van der Waals surface area contributed by atoms with Gasteiger partial charge in [-0.3, -0.25) is 4.79 Å². The largest absolute Gasteiger partial charge is 0.462 e. The Balaban J connectivity index is 2.25. The second kappa shape index (κ2) is 17.5. The van der Waals surface area contributed by atoms with E-state index in [9.17, 15) is 4.79 Å². The second-order valence-corrected chi connectivity index (χ2v) is 8.55. The highest BCUT2D eigenvalue weighted by atomic mass is 16.5. The molecule has 27 heavy (non-hydrogen) atoms. The van der Waals surface area contributed by atoms with E-state index in [-0.39, 0.29) is 18.0 Å². The smallest absolute Gasteiger partial charge is 0.309 e. The number of carbonyl (C=O) groups is 1. The molecule has 1 aliphatic heterocycles. The van der Waals surface area contributed by atoms with E-state index in [2.05, 4.69) is 19.2 Å². The molecular formula is C24H47NO2. The molecular weight excluding hydrogens is 334 g/mol. The monoisotopic (exact) mass is 381 g/mol. The molecule has 0 aromatic rings. The maximum atomic E-state index is 12.5. The molecule has 1 atom stereocenters. The Bertz CT molecular complexity index is 339. The van der Waals surface area contributed by atoms with Crippen molar-refractivity contribution in [1.29, 1.82) is 0 Å². The van der Waals surface area contributed by atoms with E-state index in [4.69, 9.17) is 4.74 Å². The van der Waals surface area contributed by atoms with Crippen LogP contribution in [0.15, 0.2) is 0 Å². The van der Waals surface area contributed by atoms with E-state index in [1.807, 2.05) is 0 Å². The van der Waals surface area contributed by atoms with Gasteiger partial charge in [-0.15, -0.1) is 0 Å². The van der Waals surface area contributed by atoms with Crippen molar-refractivity contribution in [3.8, 4) is 0 Å². The second-order valence-electron chi connectivity index (χ2n) is 8.55. The lowest BCUT2D eigenvalue weighted by molar-refractivity contribution is -0.155. The van der Waals surface area contributed by atoms with Crippen LogP contribution in [-0.2, 0) is 9.53 Å². The molecule has 1 rings (SSSR count). The van der Waals surface area contributed by atoms with Crippen LogP contribution in [0, 0.1) is 5.92 Å². The molecule has 0 saturated carbocycles. The summed E-state index contributed by atoms with van der Waals surface area (Å²) in [6.07, 6.45) is 21.3. The molecule has 0 radical (unpaired) electrons. The van der Waals surface area contributed by atoms with Crippen LogP contribution in [0.25, 0.3) is 0 Å². The maximum Gasteiger partial charge on any atom is 0.309 e. The van der Waals surface area contributed by atoms with Crippen LogP contribution in [0.3, 0.4) is 0 Å². The van der Waals surface area contributed by atoms with Crippen LogP contribution in [0.1, 0.15) is 123 Å². The Morgan fingerprint density at radius 2 is 1.22 bits per heavy atom. The lowest BCUT2D eigenvalue weighted by Gasteiger charge is -2.25. The summed E-state index contributed by atoms with van der Waals surface area (Å²) in [5.41, 5.74) is 0. The summed E-state index contributed by atoms with van der Waals surface area (Å²) in [5.74, 6) is 0.211. The molecule has 1 aliphatic rings. The molecule has 0 bridgehead atoms. The molecule has 3 nitrogen and oxygen atoms in total. The standard InChI is InChI=1S/C24H47NO2/c1-3-5-7-9-11-13-15-17-23(16-14-12-10-8-6-4-2)27-24(26)22-18-20-25-21-19-22/h22-23,25H,3-21H2,1-2H3. The molecule has 0 aliphatic carbocycles. The molecule has 1 heterocycles. The van der Waals surface area contributed by atoms with Gasteiger partial charge in [0.05, 0.1) is 5.92 Å². The van der Waals surface area contributed by atoms with Crippen molar-refractivity contribution in [3.63, 3.8) is 0 Å². The predicted molar refractivity (Wildman–Crippen MR) is 116 cm³/mol. The van der Waals surface area contributed by atoms with Crippen molar-refractivity contribution in [2.45, 2.75) is 129 Å². The summed E-state index contributed by atoms with van der Waals surface area (Å²) in [4.78, 5) is 12.5. The first-order valence-electron chi connectivity index (χ1n) is 12.2. The molecule has 1 saturated heterocycles. The lowest BCUT2D eigenvalue weighted by Crippen LogP contribution is -2.34. The fraction of sp³-hybridized carbons (Fsp3) is 0.958. The highest BCUT2D eigenvalue weighted by Gasteiger charge is 2.24. The van der Waals surface area contributed by atoms with E-state index in [1.165, 1.54) is 83.5 Å². The first-order chi connectivity index (χ1) is 13.3. The molecule has 1 N–H and O–H groups in total. The van der Waals surface area contributed by atoms with Crippen LogP contribution < -0.4 is 5.32 Å². The molecule has 1 fully saturated rings. The Morgan fingerprint density at radius 3 is 1.70 bits per heavy atom. The first-order valence-corrected chi connectivity index (χ1v) is 12.2. The molecule has 1 unspecified atom stereocenters. The third kappa shape index (κ3) is 13.3. The number of nitrogens with one attached hydrogen (secondary N) is 1. The number of esters is 1. The van der Waals surface area contributed by atoms with Gasteiger partial charge in [0.15, 0.2) is 0 Å². The highest BCUT2D eigenvalue weighted by molar-refractivity contribution is 5.72. The average molecular weight is 382 g/mol. The van der Waals surface area contributed by atoms with Crippen LogP contribution in [-0.4, -0.2) is 25.2 Å². The summed E-state index contributed by atoms with van der Waals surface area (Å²) in [6, 6.07) is 0. The Kier molecular flexibility index (Phi) is 15.9. The van der Waals surface area contributed by atoms with Crippen molar-refractivity contribution in [1.82, 2.24) is 5.32 Å². The van der Waals surface area contributed by atoms with E-state index in [0.29, 0.717) is 0 Å². The van der Waals surface area contributed by atoms with Crippen molar-refractivity contribution in [2.75, 3.05) is 13.1 Å². The van der Waals surface area contributed by atoms with E-state index >= 15 is 0 Å². The first kappa shape index (κ1) is 24.5. The van der Waals surface area contributed by atoms with Gasteiger partial charge in [-0.05, 0) is 51.6 Å². The zero-order valence-corrected chi connectivity index (χ0v) is 18.4. The normalized spacial score (nSPS) is 16.4. The molecule has 0 aromatic heterocycles. The predicted octanol–water partition coefficient (Wildman–Crippen LogP) is 6.79. The van der Waals surface area contributed by atoms with Gasteiger partial charge in [0.1, 0.15) is 6.10 Å². The molecule has 0 aromatic carbocycles. The van der Waals surface area contributed by atoms with Crippen LogP contribution >= 0.6 is 0 Å². The van der Waals surface area contributed by atoms with Crippen molar-refractivity contribution >= 4 is 5.97 Å². The fourth-order valence-corrected chi connectivity index (χ4v) is 4.06. The molecule has 0 amide bonds. The topological polar surface area (TPSA) is 38.3 Å². The minimum atomic E-state index is 0.0791. The molecule has 3 heteroatoms. The number of hydrogen-bond acceptors (Lipinski definition) is 3. The van der Waals surface area contributed by atoms with E-state index in [0.717, 1.165) is 38.8 Å². The maximum absolute atomic E-state index is 12.5. The van der Waals surface area contributed by atoms with E-state index in [1.54, 1.807) is 0 Å². The summed E-state index contributed by atoms with van der Waals surface area (Å²) >= 11 is 0. The number of piperidine rings is 1. The third-order valence-electron chi connectivity index (χ3n) is 5.96. The van der Waals surface area contributed by atoms with Gasteiger partial charge in [-0.1, -0.05) is 84.5 Å². The Morgan fingerprint density at radius 1 is 0.778 bits per heavy atom. The minimum Gasteiger partial charge on any atom is -0.462 e. The van der Waals surface area contributed by atoms with Crippen LogP contribution in [0.5, 0.6) is 0 Å². The molecule has 0 spiro atoms. The van der Waals surface area contributed by atoms with Crippen molar-refractivity contribution < 1.29 is 9.53 Å². The Labute approximate surface area is 169 Å². The lowest BCUT2D eigenvalue weighted by atomic mass is 9.97. The fourth-order valence-electron chi connectivity index (χ4n) is 4.06. The number of hydrogen-bond donors (Lipinski definition) is 1. The third-order valence-corrected chi connectivity index (χ3v) is 5.96. The van der Waals surface area contributed by atoms with Gasteiger partial charge < -0.3 is 10.1 Å². The Hall–Kier alpha value is -0.570. The summed E-state index contributed by atoms with van der Waals surface area (Å²) in [6.45, 7) is 6.45. The van der Waals surface area contributed by atoms with Crippen LogP contribution in [0.4, 0.5) is 0 Å². The van der Waals surface area contributed by atoms with Gasteiger partial charge in [0.2, 0.25) is 0 Å². The number of rotatable bonds is 17. The minimum absolute atomic E-state index is 0.0791. The van der Waals surface area contributed by atoms with Gasteiger partial charge in [-0.25, -0.2) is 0 Å². The number of ether oxygens (including phenoxy) is 1. The zero-order chi connectivity index (χ0) is 19.6. The summed E-state index contributed by atoms with van der Waals surface area (Å²) in [7, 11) is 0. The average Bonchev–Trinajstić information content (AvgIpc) is 2.70.